The van der Waals surface area contributed by atoms with Crippen LogP contribution in [0.4, 0.5) is 5.69 Å². The van der Waals surface area contributed by atoms with Gasteiger partial charge < -0.3 is 19.4 Å². The molecule has 0 saturated heterocycles. The molecule has 1 N–H and O–H groups in total. The minimum atomic E-state index is -0.705. The Kier molecular flexibility index (Phi) is 3.85. The number of hydrogen-bond donors (Lipinski definition) is 1. The van der Waals surface area contributed by atoms with Gasteiger partial charge in [0.25, 0.3) is 5.91 Å². The van der Waals surface area contributed by atoms with Crippen LogP contribution in [0.15, 0.2) is 67.3 Å². The molecule has 25 heavy (non-hydrogen) atoms. The van der Waals surface area contributed by atoms with Gasteiger partial charge in [0.2, 0.25) is 6.10 Å². The number of carbonyl (C=O) groups excluding carboxylic acids is 1. The number of fused-ring (bicyclic) bond motifs is 1. The van der Waals surface area contributed by atoms with Crippen LogP contribution in [0.5, 0.6) is 11.5 Å². The quantitative estimate of drug-likeness (QED) is 0.799. The van der Waals surface area contributed by atoms with Gasteiger partial charge in [0.1, 0.15) is 6.10 Å². The maximum Gasteiger partial charge on any atom is 0.269 e. The van der Waals surface area contributed by atoms with Crippen LogP contribution in [0.1, 0.15) is 6.92 Å². The molecule has 1 amide bonds. The summed E-state index contributed by atoms with van der Waals surface area (Å²) in [7, 11) is 0. The lowest BCUT2D eigenvalue weighted by molar-refractivity contribution is -0.128. The molecule has 1 aliphatic rings. The van der Waals surface area contributed by atoms with Crippen LogP contribution in [-0.4, -0.2) is 27.7 Å². The summed E-state index contributed by atoms with van der Waals surface area (Å²) in [6.07, 6.45) is 4.22. The summed E-state index contributed by atoms with van der Waals surface area (Å²) in [5, 5.41) is 2.88. The molecule has 4 rings (SSSR count). The second-order valence-electron chi connectivity index (χ2n) is 5.81. The van der Waals surface area contributed by atoms with Crippen LogP contribution in [0.25, 0.3) is 5.69 Å². The van der Waals surface area contributed by atoms with E-state index in [4.69, 9.17) is 9.47 Å². The average Bonchev–Trinajstić information content (AvgIpc) is 3.16. The third-order valence-corrected chi connectivity index (χ3v) is 4.04. The molecule has 1 aliphatic heterocycles. The van der Waals surface area contributed by atoms with E-state index in [1.54, 1.807) is 18.6 Å². The van der Waals surface area contributed by atoms with Crippen molar-refractivity contribution in [3.63, 3.8) is 0 Å². The van der Waals surface area contributed by atoms with E-state index in [2.05, 4.69) is 10.3 Å². The van der Waals surface area contributed by atoms with E-state index in [1.807, 2.05) is 60.2 Å². The van der Waals surface area contributed by atoms with Crippen molar-refractivity contribution in [1.29, 1.82) is 0 Å². The van der Waals surface area contributed by atoms with E-state index in [0.29, 0.717) is 17.2 Å². The van der Waals surface area contributed by atoms with Crippen molar-refractivity contribution in [2.75, 3.05) is 5.32 Å². The fourth-order valence-corrected chi connectivity index (χ4v) is 2.75. The van der Waals surface area contributed by atoms with Gasteiger partial charge in [-0.05, 0) is 43.3 Å². The lowest BCUT2D eigenvalue weighted by Crippen LogP contribution is -2.46. The van der Waals surface area contributed by atoms with Crippen molar-refractivity contribution in [2.24, 2.45) is 0 Å². The third-order valence-electron chi connectivity index (χ3n) is 4.04. The number of ether oxygens (including phenoxy) is 2. The first-order chi connectivity index (χ1) is 12.2. The zero-order valence-electron chi connectivity index (χ0n) is 13.6. The SMILES string of the molecule is CC1Oc2ccccc2OC1C(=O)Nc1ccc(-n2ccnc2)cc1. The molecule has 2 atom stereocenters. The molecule has 1 aromatic heterocycles. The van der Waals surface area contributed by atoms with Gasteiger partial charge in [0, 0.05) is 23.8 Å². The molecule has 0 fully saturated rings. The Hall–Kier alpha value is -3.28. The van der Waals surface area contributed by atoms with E-state index >= 15 is 0 Å². The van der Waals surface area contributed by atoms with E-state index < -0.39 is 6.10 Å². The van der Waals surface area contributed by atoms with Crippen molar-refractivity contribution >= 4 is 11.6 Å². The molecule has 6 nitrogen and oxygen atoms in total. The van der Waals surface area contributed by atoms with Crippen molar-refractivity contribution < 1.29 is 14.3 Å². The molecule has 0 spiro atoms. The highest BCUT2D eigenvalue weighted by Crippen LogP contribution is 2.33. The Morgan fingerprint density at radius 3 is 2.48 bits per heavy atom. The van der Waals surface area contributed by atoms with Crippen molar-refractivity contribution in [3.8, 4) is 17.2 Å². The molecule has 0 bridgehead atoms. The Labute approximate surface area is 145 Å². The molecule has 126 valence electrons. The number of aromatic nitrogens is 2. The zero-order chi connectivity index (χ0) is 17.2. The second kappa shape index (κ2) is 6.32. The minimum Gasteiger partial charge on any atom is -0.482 e. The summed E-state index contributed by atoms with van der Waals surface area (Å²) in [4.78, 5) is 16.6. The fraction of sp³-hybridized carbons (Fsp3) is 0.158. The first kappa shape index (κ1) is 15.3. The van der Waals surface area contributed by atoms with Gasteiger partial charge in [-0.1, -0.05) is 12.1 Å². The highest BCUT2D eigenvalue weighted by Gasteiger charge is 2.34. The molecule has 3 aromatic rings. The smallest absolute Gasteiger partial charge is 0.269 e. The Bertz CT molecular complexity index is 875. The molecule has 6 heteroatoms. The summed E-state index contributed by atoms with van der Waals surface area (Å²) < 4.78 is 13.5. The fourth-order valence-electron chi connectivity index (χ4n) is 2.75. The maximum absolute atomic E-state index is 12.6. The standard InChI is InChI=1S/C19H17N3O3/c1-13-18(25-17-5-3-2-4-16(17)24-13)19(23)21-14-6-8-15(9-7-14)22-11-10-20-12-22/h2-13,18H,1H3,(H,21,23). The van der Waals surface area contributed by atoms with Gasteiger partial charge in [0.15, 0.2) is 11.5 Å². The first-order valence-electron chi connectivity index (χ1n) is 8.02. The summed E-state index contributed by atoms with van der Waals surface area (Å²) in [6, 6.07) is 14.9. The lowest BCUT2D eigenvalue weighted by atomic mass is 10.1. The first-order valence-corrected chi connectivity index (χ1v) is 8.02. The second-order valence-corrected chi connectivity index (χ2v) is 5.81. The Morgan fingerprint density at radius 1 is 1.08 bits per heavy atom. The number of hydrogen-bond acceptors (Lipinski definition) is 4. The predicted molar refractivity (Wildman–Crippen MR) is 93.1 cm³/mol. The number of anilines is 1. The van der Waals surface area contributed by atoms with Crippen LogP contribution in [0.2, 0.25) is 0 Å². The van der Waals surface area contributed by atoms with Crippen molar-refractivity contribution in [2.45, 2.75) is 19.1 Å². The molecular weight excluding hydrogens is 318 g/mol. The average molecular weight is 335 g/mol. The number of nitrogens with one attached hydrogen (secondary N) is 1. The number of amides is 1. The van der Waals surface area contributed by atoms with Gasteiger partial charge in [-0.3, -0.25) is 4.79 Å². The van der Waals surface area contributed by atoms with Crippen molar-refractivity contribution in [3.05, 3.63) is 67.3 Å². The molecule has 2 heterocycles. The number of rotatable bonds is 3. The van der Waals surface area contributed by atoms with Crippen LogP contribution >= 0.6 is 0 Å². The van der Waals surface area contributed by atoms with E-state index in [9.17, 15) is 4.79 Å². The summed E-state index contributed by atoms with van der Waals surface area (Å²) in [6.45, 7) is 1.82. The normalized spacial score (nSPS) is 18.6. The number of nitrogens with zero attached hydrogens (tertiary/aromatic N) is 2. The van der Waals surface area contributed by atoms with Crippen LogP contribution in [0, 0.1) is 0 Å². The molecular formula is C19H17N3O3. The third kappa shape index (κ3) is 3.06. The molecule has 2 aromatic carbocycles. The van der Waals surface area contributed by atoms with Gasteiger partial charge >= 0.3 is 0 Å². The number of carbonyl (C=O) groups is 1. The summed E-state index contributed by atoms with van der Waals surface area (Å²) in [5.74, 6) is 0.998. The van der Waals surface area contributed by atoms with Crippen LogP contribution in [-0.2, 0) is 4.79 Å². The van der Waals surface area contributed by atoms with E-state index in [1.165, 1.54) is 0 Å². The minimum absolute atomic E-state index is 0.239. The summed E-state index contributed by atoms with van der Waals surface area (Å²) in [5.41, 5.74) is 1.67. The van der Waals surface area contributed by atoms with Gasteiger partial charge in [-0.15, -0.1) is 0 Å². The van der Waals surface area contributed by atoms with Crippen molar-refractivity contribution in [1.82, 2.24) is 9.55 Å². The topological polar surface area (TPSA) is 65.4 Å². The molecule has 0 aliphatic carbocycles. The molecule has 0 saturated carbocycles. The monoisotopic (exact) mass is 335 g/mol. The number of para-hydroxylation sites is 2. The highest BCUT2D eigenvalue weighted by molar-refractivity contribution is 5.95. The van der Waals surface area contributed by atoms with Gasteiger partial charge in [0.05, 0.1) is 6.33 Å². The summed E-state index contributed by atoms with van der Waals surface area (Å²) >= 11 is 0. The Morgan fingerprint density at radius 2 is 1.80 bits per heavy atom. The van der Waals surface area contributed by atoms with E-state index in [-0.39, 0.29) is 12.0 Å². The van der Waals surface area contributed by atoms with Crippen LogP contribution in [0.3, 0.4) is 0 Å². The largest absolute Gasteiger partial charge is 0.482 e. The van der Waals surface area contributed by atoms with E-state index in [0.717, 1.165) is 5.69 Å². The molecule has 0 radical (unpaired) electrons. The van der Waals surface area contributed by atoms with Gasteiger partial charge in [-0.25, -0.2) is 4.98 Å². The lowest BCUT2D eigenvalue weighted by Gasteiger charge is -2.31. The number of imidazole rings is 1. The predicted octanol–water partition coefficient (Wildman–Crippen LogP) is 3.04. The van der Waals surface area contributed by atoms with Gasteiger partial charge in [-0.2, -0.15) is 0 Å². The Balaban J connectivity index is 1.47. The van der Waals surface area contributed by atoms with Crippen LogP contribution < -0.4 is 14.8 Å². The zero-order valence-corrected chi connectivity index (χ0v) is 13.6. The highest BCUT2D eigenvalue weighted by atomic mass is 16.6. The number of benzene rings is 2. The molecule has 2 unspecified atom stereocenters. The maximum atomic E-state index is 12.6.